The van der Waals surface area contributed by atoms with E-state index in [0.29, 0.717) is 5.69 Å². The van der Waals surface area contributed by atoms with E-state index in [9.17, 15) is 4.79 Å². The van der Waals surface area contributed by atoms with E-state index in [0.717, 1.165) is 25.1 Å². The first-order chi connectivity index (χ1) is 8.08. The molecule has 0 unspecified atom stereocenters. The summed E-state index contributed by atoms with van der Waals surface area (Å²) in [4.78, 5) is 13.8. The van der Waals surface area contributed by atoms with Crippen LogP contribution >= 0.6 is 0 Å². The van der Waals surface area contributed by atoms with Crippen molar-refractivity contribution in [3.63, 3.8) is 0 Å². The van der Waals surface area contributed by atoms with Gasteiger partial charge in [0.25, 0.3) is 0 Å². The number of carbonyl (C=O) groups excluding carboxylic acids is 1. The predicted molar refractivity (Wildman–Crippen MR) is 70.2 cm³/mol. The van der Waals surface area contributed by atoms with Crippen LogP contribution in [0.3, 0.4) is 0 Å². The second-order valence-electron chi connectivity index (χ2n) is 4.75. The lowest BCUT2D eigenvalue weighted by Gasteiger charge is -2.30. The summed E-state index contributed by atoms with van der Waals surface area (Å²) in [5.41, 5.74) is 8.64. The Morgan fingerprint density at radius 1 is 1.47 bits per heavy atom. The van der Waals surface area contributed by atoms with Crippen LogP contribution in [0.15, 0.2) is 18.2 Å². The maximum atomic E-state index is 12.1. The number of amides is 2. The van der Waals surface area contributed by atoms with Crippen molar-refractivity contribution in [2.24, 2.45) is 0 Å². The number of nitrogens with zero attached hydrogens (tertiary/aromatic N) is 1. The Bertz CT molecular complexity index is 429. The normalized spacial score (nSPS) is 14.6. The zero-order valence-electron chi connectivity index (χ0n) is 10.4. The first-order valence-corrected chi connectivity index (χ1v) is 6.04. The Labute approximate surface area is 102 Å². The van der Waals surface area contributed by atoms with Crippen LogP contribution in [0.25, 0.3) is 0 Å². The standard InChI is InChI=1S/C13H19N3O/c1-9(2)15-13(17)16-7-3-4-10-5-6-11(14)8-12(10)16/h5-6,8-9H,3-4,7,14H2,1-2H3,(H,15,17). The average Bonchev–Trinajstić information content (AvgIpc) is 2.27. The van der Waals surface area contributed by atoms with Crippen LogP contribution in [0.5, 0.6) is 0 Å². The molecule has 17 heavy (non-hydrogen) atoms. The molecule has 0 fully saturated rings. The van der Waals surface area contributed by atoms with Gasteiger partial charge >= 0.3 is 6.03 Å². The minimum atomic E-state index is -0.0356. The summed E-state index contributed by atoms with van der Waals surface area (Å²) in [6.45, 7) is 4.68. The second-order valence-corrected chi connectivity index (χ2v) is 4.75. The van der Waals surface area contributed by atoms with Crippen LogP contribution in [0.1, 0.15) is 25.8 Å². The quantitative estimate of drug-likeness (QED) is 0.730. The first kappa shape index (κ1) is 11.8. The zero-order valence-corrected chi connectivity index (χ0v) is 10.4. The fourth-order valence-electron chi connectivity index (χ4n) is 2.13. The Kier molecular flexibility index (Phi) is 3.22. The van der Waals surface area contributed by atoms with Crippen molar-refractivity contribution < 1.29 is 4.79 Å². The molecule has 4 nitrogen and oxygen atoms in total. The van der Waals surface area contributed by atoms with Gasteiger partial charge in [0.05, 0.1) is 5.69 Å². The maximum Gasteiger partial charge on any atom is 0.322 e. The number of nitrogens with two attached hydrogens (primary N) is 1. The number of hydrogen-bond acceptors (Lipinski definition) is 2. The SMILES string of the molecule is CC(C)NC(=O)N1CCCc2ccc(N)cc21. The third kappa shape index (κ3) is 2.52. The number of benzene rings is 1. The van der Waals surface area contributed by atoms with Crippen molar-refractivity contribution in [2.45, 2.75) is 32.7 Å². The fourth-order valence-corrected chi connectivity index (χ4v) is 2.13. The van der Waals surface area contributed by atoms with E-state index < -0.39 is 0 Å². The molecular formula is C13H19N3O. The minimum absolute atomic E-state index is 0.0356. The van der Waals surface area contributed by atoms with Crippen molar-refractivity contribution in [3.8, 4) is 0 Å². The van der Waals surface area contributed by atoms with Gasteiger partial charge in [-0.3, -0.25) is 4.90 Å². The largest absolute Gasteiger partial charge is 0.399 e. The Morgan fingerprint density at radius 2 is 2.24 bits per heavy atom. The zero-order chi connectivity index (χ0) is 12.4. The highest BCUT2D eigenvalue weighted by atomic mass is 16.2. The van der Waals surface area contributed by atoms with E-state index in [1.807, 2.05) is 32.0 Å². The summed E-state index contributed by atoms with van der Waals surface area (Å²) < 4.78 is 0. The lowest BCUT2D eigenvalue weighted by Crippen LogP contribution is -2.45. The third-order valence-electron chi connectivity index (χ3n) is 2.89. The van der Waals surface area contributed by atoms with E-state index >= 15 is 0 Å². The van der Waals surface area contributed by atoms with E-state index in [2.05, 4.69) is 5.32 Å². The van der Waals surface area contributed by atoms with Gasteiger partial charge in [-0.1, -0.05) is 6.07 Å². The second kappa shape index (κ2) is 4.65. The first-order valence-electron chi connectivity index (χ1n) is 6.04. The molecular weight excluding hydrogens is 214 g/mol. The van der Waals surface area contributed by atoms with Crippen molar-refractivity contribution >= 4 is 17.4 Å². The van der Waals surface area contributed by atoms with Crippen LogP contribution in [0.2, 0.25) is 0 Å². The highest BCUT2D eigenvalue weighted by molar-refractivity contribution is 5.94. The van der Waals surface area contributed by atoms with Crippen molar-refractivity contribution in [2.75, 3.05) is 17.2 Å². The molecule has 1 aliphatic heterocycles. The van der Waals surface area contributed by atoms with E-state index in [4.69, 9.17) is 5.73 Å². The Hall–Kier alpha value is -1.71. The van der Waals surface area contributed by atoms with Gasteiger partial charge in [0, 0.05) is 18.3 Å². The molecule has 0 bridgehead atoms. The smallest absolute Gasteiger partial charge is 0.322 e. The fraction of sp³-hybridized carbons (Fsp3) is 0.462. The number of nitrogens with one attached hydrogen (secondary N) is 1. The van der Waals surface area contributed by atoms with Gasteiger partial charge in [-0.25, -0.2) is 4.79 Å². The molecule has 1 heterocycles. The van der Waals surface area contributed by atoms with Gasteiger partial charge in [0.1, 0.15) is 0 Å². The predicted octanol–water partition coefficient (Wildman–Crippen LogP) is 2.14. The Balaban J connectivity index is 2.27. The number of nitrogen functional groups attached to an aromatic ring is 1. The minimum Gasteiger partial charge on any atom is -0.399 e. The number of rotatable bonds is 1. The van der Waals surface area contributed by atoms with Gasteiger partial charge in [-0.15, -0.1) is 0 Å². The van der Waals surface area contributed by atoms with E-state index in [-0.39, 0.29) is 12.1 Å². The summed E-state index contributed by atoms with van der Waals surface area (Å²) in [5, 5.41) is 2.92. The maximum absolute atomic E-state index is 12.1. The van der Waals surface area contributed by atoms with Crippen molar-refractivity contribution in [1.29, 1.82) is 0 Å². The van der Waals surface area contributed by atoms with Crippen LogP contribution in [0, 0.1) is 0 Å². The summed E-state index contributed by atoms with van der Waals surface area (Å²) in [6, 6.07) is 5.90. The summed E-state index contributed by atoms with van der Waals surface area (Å²) in [6.07, 6.45) is 2.02. The molecule has 0 radical (unpaired) electrons. The number of hydrogen-bond donors (Lipinski definition) is 2. The third-order valence-corrected chi connectivity index (χ3v) is 2.89. The van der Waals surface area contributed by atoms with Crippen LogP contribution in [-0.4, -0.2) is 18.6 Å². The molecule has 1 aliphatic rings. The number of fused-ring (bicyclic) bond motifs is 1. The monoisotopic (exact) mass is 233 g/mol. The molecule has 0 atom stereocenters. The van der Waals surface area contributed by atoms with Crippen LogP contribution in [-0.2, 0) is 6.42 Å². The van der Waals surface area contributed by atoms with Gasteiger partial charge in [-0.2, -0.15) is 0 Å². The number of carbonyl (C=O) groups is 1. The summed E-state index contributed by atoms with van der Waals surface area (Å²) >= 11 is 0. The molecule has 1 aromatic rings. The summed E-state index contributed by atoms with van der Waals surface area (Å²) in [5.74, 6) is 0. The van der Waals surface area contributed by atoms with E-state index in [1.165, 1.54) is 5.56 Å². The molecule has 0 aromatic heterocycles. The highest BCUT2D eigenvalue weighted by Crippen LogP contribution is 2.29. The van der Waals surface area contributed by atoms with Crippen molar-refractivity contribution in [1.82, 2.24) is 5.32 Å². The molecule has 92 valence electrons. The van der Waals surface area contributed by atoms with Gasteiger partial charge in [0.2, 0.25) is 0 Å². The molecule has 0 spiro atoms. The molecule has 3 N–H and O–H groups in total. The van der Waals surface area contributed by atoms with E-state index in [1.54, 1.807) is 4.90 Å². The topological polar surface area (TPSA) is 58.4 Å². The van der Waals surface area contributed by atoms with Gasteiger partial charge in [0.15, 0.2) is 0 Å². The van der Waals surface area contributed by atoms with Crippen LogP contribution in [0.4, 0.5) is 16.2 Å². The van der Waals surface area contributed by atoms with Crippen molar-refractivity contribution in [3.05, 3.63) is 23.8 Å². The Morgan fingerprint density at radius 3 is 2.94 bits per heavy atom. The molecule has 2 amide bonds. The molecule has 0 saturated carbocycles. The lowest BCUT2D eigenvalue weighted by atomic mass is 10.0. The van der Waals surface area contributed by atoms with Gasteiger partial charge in [-0.05, 0) is 44.4 Å². The molecule has 2 rings (SSSR count). The summed E-state index contributed by atoms with van der Waals surface area (Å²) in [7, 11) is 0. The lowest BCUT2D eigenvalue weighted by molar-refractivity contribution is 0.243. The molecule has 0 aliphatic carbocycles. The number of aryl methyl sites for hydroxylation is 1. The van der Waals surface area contributed by atoms with Gasteiger partial charge < -0.3 is 11.1 Å². The average molecular weight is 233 g/mol. The highest BCUT2D eigenvalue weighted by Gasteiger charge is 2.22. The molecule has 0 saturated heterocycles. The van der Waals surface area contributed by atoms with Crippen LogP contribution < -0.4 is 16.0 Å². The number of anilines is 2. The molecule has 1 aromatic carbocycles. The molecule has 4 heteroatoms. The number of urea groups is 1.